The summed E-state index contributed by atoms with van der Waals surface area (Å²) >= 11 is 0. The molecule has 1 aromatic heterocycles. The second-order valence-corrected chi connectivity index (χ2v) is 7.00. The van der Waals surface area contributed by atoms with Crippen molar-refractivity contribution in [1.29, 1.82) is 0 Å². The Morgan fingerprint density at radius 1 is 1.33 bits per heavy atom. The van der Waals surface area contributed by atoms with E-state index in [1.165, 1.54) is 0 Å². The number of carbonyl (C=O) groups excluding carboxylic acids is 1. The maximum atomic E-state index is 12.5. The lowest BCUT2D eigenvalue weighted by atomic mass is 9.77. The first kappa shape index (κ1) is 15.3. The zero-order chi connectivity index (χ0) is 16.7. The molecule has 1 aromatic carbocycles. The summed E-state index contributed by atoms with van der Waals surface area (Å²) < 4.78 is 5.43. The Kier molecular flexibility index (Phi) is 3.64. The SMILES string of the molecule is CC(c1ccccc1)N1CC(c2nc(C3(N)CCC3)no2)CC1=O. The molecule has 0 radical (unpaired) electrons. The minimum atomic E-state index is -0.429. The van der Waals surface area contributed by atoms with Gasteiger partial charge in [-0.3, -0.25) is 4.79 Å². The van der Waals surface area contributed by atoms with Crippen molar-refractivity contribution >= 4 is 5.91 Å². The van der Waals surface area contributed by atoms with Crippen molar-refractivity contribution in [2.45, 2.75) is 50.1 Å². The van der Waals surface area contributed by atoms with Crippen molar-refractivity contribution in [3.63, 3.8) is 0 Å². The molecule has 6 heteroatoms. The maximum Gasteiger partial charge on any atom is 0.232 e. The number of likely N-dealkylation sites (tertiary alicyclic amines) is 1. The molecule has 2 atom stereocenters. The summed E-state index contributed by atoms with van der Waals surface area (Å²) in [7, 11) is 0. The van der Waals surface area contributed by atoms with Crippen molar-refractivity contribution in [1.82, 2.24) is 15.0 Å². The highest BCUT2D eigenvalue weighted by Crippen LogP contribution is 2.38. The summed E-state index contributed by atoms with van der Waals surface area (Å²) in [4.78, 5) is 18.9. The standard InChI is InChI=1S/C18H22N4O2/c1-12(13-6-3-2-4-7-13)22-11-14(10-15(22)23)16-20-17(21-24-16)18(19)8-5-9-18/h2-4,6-7,12,14H,5,8-11,19H2,1H3. The molecule has 1 amide bonds. The van der Waals surface area contributed by atoms with E-state index in [1.807, 2.05) is 35.2 Å². The fourth-order valence-corrected chi connectivity index (χ4v) is 3.57. The average molecular weight is 326 g/mol. The molecule has 2 aromatic rings. The second-order valence-electron chi connectivity index (χ2n) is 7.00. The minimum absolute atomic E-state index is 0.0403. The molecule has 0 spiro atoms. The summed E-state index contributed by atoms with van der Waals surface area (Å²) in [5.74, 6) is 1.21. The molecule has 1 saturated carbocycles. The van der Waals surface area contributed by atoms with E-state index >= 15 is 0 Å². The van der Waals surface area contributed by atoms with Crippen LogP contribution < -0.4 is 5.73 Å². The number of benzene rings is 1. The number of hydrogen-bond acceptors (Lipinski definition) is 5. The number of hydrogen-bond donors (Lipinski definition) is 1. The maximum absolute atomic E-state index is 12.5. The number of aromatic nitrogens is 2. The highest BCUT2D eigenvalue weighted by atomic mass is 16.5. The summed E-state index contributed by atoms with van der Waals surface area (Å²) in [6, 6.07) is 10.1. The normalized spacial score (nSPS) is 24.0. The van der Waals surface area contributed by atoms with E-state index in [1.54, 1.807) is 0 Å². The van der Waals surface area contributed by atoms with Crippen LogP contribution in [0.5, 0.6) is 0 Å². The summed E-state index contributed by atoms with van der Waals surface area (Å²) in [6.45, 7) is 2.66. The topological polar surface area (TPSA) is 85.2 Å². The molecule has 0 bridgehead atoms. The van der Waals surface area contributed by atoms with Crippen molar-refractivity contribution in [2.75, 3.05) is 6.54 Å². The molecular formula is C18H22N4O2. The van der Waals surface area contributed by atoms with Crippen LogP contribution in [0.4, 0.5) is 0 Å². The van der Waals surface area contributed by atoms with Gasteiger partial charge in [0.15, 0.2) is 5.82 Å². The van der Waals surface area contributed by atoms with E-state index < -0.39 is 5.54 Å². The minimum Gasteiger partial charge on any atom is -0.339 e. The van der Waals surface area contributed by atoms with Gasteiger partial charge in [0.25, 0.3) is 0 Å². The largest absolute Gasteiger partial charge is 0.339 e. The third-order valence-electron chi connectivity index (χ3n) is 5.39. The molecule has 2 N–H and O–H groups in total. The van der Waals surface area contributed by atoms with E-state index in [4.69, 9.17) is 10.3 Å². The molecule has 2 heterocycles. The predicted octanol–water partition coefficient (Wildman–Crippen LogP) is 2.48. The van der Waals surface area contributed by atoms with Gasteiger partial charge < -0.3 is 15.2 Å². The van der Waals surface area contributed by atoms with Gasteiger partial charge in [-0.25, -0.2) is 0 Å². The van der Waals surface area contributed by atoms with Crippen molar-refractivity contribution in [3.05, 3.63) is 47.6 Å². The zero-order valence-corrected chi connectivity index (χ0v) is 13.8. The Balaban J connectivity index is 1.50. The quantitative estimate of drug-likeness (QED) is 0.933. The average Bonchev–Trinajstić information content (AvgIpc) is 3.20. The summed E-state index contributed by atoms with van der Waals surface area (Å²) in [5, 5.41) is 4.07. The monoisotopic (exact) mass is 326 g/mol. The molecule has 1 saturated heterocycles. The van der Waals surface area contributed by atoms with Crippen LogP contribution >= 0.6 is 0 Å². The van der Waals surface area contributed by atoms with Gasteiger partial charge in [-0.15, -0.1) is 0 Å². The summed E-state index contributed by atoms with van der Waals surface area (Å²) in [6.07, 6.45) is 3.31. The lowest BCUT2D eigenvalue weighted by Gasteiger charge is -2.34. The highest BCUT2D eigenvalue weighted by molar-refractivity contribution is 5.80. The van der Waals surface area contributed by atoms with Gasteiger partial charge in [0.1, 0.15) is 0 Å². The first-order chi connectivity index (χ1) is 11.6. The van der Waals surface area contributed by atoms with Crippen molar-refractivity contribution in [3.8, 4) is 0 Å². The van der Waals surface area contributed by atoms with Crippen LogP contribution in [0, 0.1) is 0 Å². The van der Waals surface area contributed by atoms with Crippen molar-refractivity contribution in [2.24, 2.45) is 5.73 Å². The third-order valence-corrected chi connectivity index (χ3v) is 5.39. The zero-order valence-electron chi connectivity index (χ0n) is 13.8. The van der Waals surface area contributed by atoms with Crippen LogP contribution in [0.1, 0.15) is 61.8 Å². The van der Waals surface area contributed by atoms with Crippen LogP contribution in [0.25, 0.3) is 0 Å². The molecule has 6 nitrogen and oxygen atoms in total. The fourth-order valence-electron chi connectivity index (χ4n) is 3.57. The fraction of sp³-hybridized carbons (Fsp3) is 0.500. The number of nitrogens with zero attached hydrogens (tertiary/aromatic N) is 3. The first-order valence-electron chi connectivity index (χ1n) is 8.54. The van der Waals surface area contributed by atoms with Crippen LogP contribution in [-0.2, 0) is 10.3 Å². The number of amides is 1. The number of carbonyl (C=O) groups is 1. The van der Waals surface area contributed by atoms with E-state index in [2.05, 4.69) is 17.1 Å². The van der Waals surface area contributed by atoms with Gasteiger partial charge in [0.2, 0.25) is 11.8 Å². The molecule has 1 aliphatic carbocycles. The van der Waals surface area contributed by atoms with Crippen LogP contribution in [0.2, 0.25) is 0 Å². The van der Waals surface area contributed by atoms with Gasteiger partial charge in [-0.05, 0) is 31.7 Å². The third kappa shape index (κ3) is 2.51. The van der Waals surface area contributed by atoms with Gasteiger partial charge >= 0.3 is 0 Å². The molecule has 4 rings (SSSR count). The molecule has 2 aliphatic rings. The van der Waals surface area contributed by atoms with Crippen molar-refractivity contribution < 1.29 is 9.32 Å². The number of rotatable bonds is 4. The van der Waals surface area contributed by atoms with Crippen LogP contribution in [0.15, 0.2) is 34.9 Å². The van der Waals surface area contributed by atoms with Gasteiger partial charge in [0, 0.05) is 13.0 Å². The van der Waals surface area contributed by atoms with E-state index in [0.717, 1.165) is 24.8 Å². The van der Waals surface area contributed by atoms with E-state index in [9.17, 15) is 4.79 Å². The lowest BCUT2D eigenvalue weighted by Crippen LogP contribution is -2.44. The molecule has 2 unspecified atom stereocenters. The van der Waals surface area contributed by atoms with E-state index in [-0.39, 0.29) is 17.9 Å². The second kappa shape index (κ2) is 5.70. The Labute approximate surface area is 141 Å². The Bertz CT molecular complexity index is 738. The Morgan fingerprint density at radius 3 is 2.75 bits per heavy atom. The van der Waals surface area contributed by atoms with E-state index in [0.29, 0.717) is 24.7 Å². The molecule has 126 valence electrons. The molecule has 2 fully saturated rings. The number of nitrogens with two attached hydrogens (primary N) is 1. The van der Waals surface area contributed by atoms with Gasteiger partial charge in [-0.2, -0.15) is 4.98 Å². The Morgan fingerprint density at radius 2 is 2.08 bits per heavy atom. The molecule has 24 heavy (non-hydrogen) atoms. The molecule has 1 aliphatic heterocycles. The predicted molar refractivity (Wildman–Crippen MR) is 87.9 cm³/mol. The van der Waals surface area contributed by atoms with Gasteiger partial charge in [0.05, 0.1) is 17.5 Å². The van der Waals surface area contributed by atoms with Crippen LogP contribution in [0.3, 0.4) is 0 Å². The smallest absolute Gasteiger partial charge is 0.232 e. The lowest BCUT2D eigenvalue weighted by molar-refractivity contribution is -0.129. The van der Waals surface area contributed by atoms with Gasteiger partial charge in [-0.1, -0.05) is 35.5 Å². The first-order valence-corrected chi connectivity index (χ1v) is 8.54. The summed E-state index contributed by atoms with van der Waals surface area (Å²) in [5.41, 5.74) is 6.96. The highest BCUT2D eigenvalue weighted by Gasteiger charge is 2.41. The van der Waals surface area contributed by atoms with Crippen LogP contribution in [-0.4, -0.2) is 27.5 Å². The molecular weight excluding hydrogens is 304 g/mol. The Hall–Kier alpha value is -2.21.